The Morgan fingerprint density at radius 2 is 1.94 bits per heavy atom. The fourth-order valence-corrected chi connectivity index (χ4v) is 4.43. The number of halogens is 1. The fourth-order valence-electron chi connectivity index (χ4n) is 4.43. The summed E-state index contributed by atoms with van der Waals surface area (Å²) in [6, 6.07) is 12.1. The Balaban J connectivity index is 1.35. The number of pyridine rings is 1. The number of benzene rings is 2. The number of imidazole rings is 1. The third-order valence-electron chi connectivity index (χ3n) is 6.27. The van der Waals surface area contributed by atoms with Gasteiger partial charge in [-0.05, 0) is 35.4 Å². The standard InChI is InChI=1S/C25H19FN6O2/c1-31(22-12-34-23-8-15(2-3-16(22)23)14-4-6-28-7-5-14)25(33)17-9-20-19(10-18(17)26)30-24(27)21-11-29-13-32(20)21/h2-11,13,22H,12H2,1H3,(H2,27,30)/t22-/m1/s1. The summed E-state index contributed by atoms with van der Waals surface area (Å²) < 4.78 is 22.6. The van der Waals surface area contributed by atoms with Gasteiger partial charge in [-0.25, -0.2) is 14.4 Å². The summed E-state index contributed by atoms with van der Waals surface area (Å²) in [6.07, 6.45) is 6.61. The number of rotatable bonds is 3. The lowest BCUT2D eigenvalue weighted by Gasteiger charge is -2.24. The average Bonchev–Trinajstić information content (AvgIpc) is 3.51. The van der Waals surface area contributed by atoms with Gasteiger partial charge in [-0.2, -0.15) is 0 Å². The third kappa shape index (κ3) is 3.05. The highest BCUT2D eigenvalue weighted by Crippen LogP contribution is 2.39. The number of nitrogen functional groups attached to an aromatic ring is 1. The number of nitrogens with two attached hydrogens (primary N) is 1. The van der Waals surface area contributed by atoms with E-state index in [1.807, 2.05) is 30.3 Å². The summed E-state index contributed by atoms with van der Waals surface area (Å²) >= 11 is 0. The molecule has 6 rings (SSSR count). The van der Waals surface area contributed by atoms with Gasteiger partial charge in [-0.15, -0.1) is 0 Å². The molecule has 2 N–H and O–H groups in total. The molecule has 168 valence electrons. The van der Waals surface area contributed by atoms with Crippen LogP contribution in [0.2, 0.25) is 0 Å². The summed E-state index contributed by atoms with van der Waals surface area (Å²) in [5.41, 5.74) is 10.3. The van der Waals surface area contributed by atoms with Crippen molar-refractivity contribution in [3.8, 4) is 16.9 Å². The highest BCUT2D eigenvalue weighted by molar-refractivity contribution is 5.98. The topological polar surface area (TPSA) is 98.6 Å². The number of hydrogen-bond acceptors (Lipinski definition) is 6. The van der Waals surface area contributed by atoms with E-state index in [1.165, 1.54) is 17.0 Å². The average molecular weight is 454 g/mol. The molecule has 3 aromatic heterocycles. The Labute approximate surface area is 193 Å². The smallest absolute Gasteiger partial charge is 0.257 e. The van der Waals surface area contributed by atoms with Gasteiger partial charge in [-0.1, -0.05) is 12.1 Å². The van der Waals surface area contributed by atoms with E-state index >= 15 is 4.39 Å². The van der Waals surface area contributed by atoms with E-state index in [2.05, 4.69) is 15.0 Å². The monoisotopic (exact) mass is 454 g/mol. The van der Waals surface area contributed by atoms with Crippen LogP contribution in [0.5, 0.6) is 5.75 Å². The van der Waals surface area contributed by atoms with Crippen LogP contribution < -0.4 is 10.5 Å². The second-order valence-electron chi connectivity index (χ2n) is 8.20. The molecule has 1 aliphatic rings. The molecule has 0 saturated heterocycles. The van der Waals surface area contributed by atoms with E-state index in [0.29, 0.717) is 22.3 Å². The first-order valence-electron chi connectivity index (χ1n) is 10.7. The van der Waals surface area contributed by atoms with Crippen LogP contribution in [0.1, 0.15) is 22.0 Å². The SMILES string of the molecule is CN(C(=O)c1cc2c(cc1F)nc(N)c1cncn12)[C@@H]1COc2cc(-c3ccncc3)ccc21. The van der Waals surface area contributed by atoms with Gasteiger partial charge >= 0.3 is 0 Å². The van der Waals surface area contributed by atoms with Gasteiger partial charge in [0.15, 0.2) is 0 Å². The Bertz CT molecular complexity index is 1580. The van der Waals surface area contributed by atoms with Crippen LogP contribution in [0, 0.1) is 5.82 Å². The van der Waals surface area contributed by atoms with Crippen molar-refractivity contribution in [2.75, 3.05) is 19.4 Å². The molecule has 0 unspecified atom stereocenters. The molecule has 4 heterocycles. The number of carbonyl (C=O) groups is 1. The van der Waals surface area contributed by atoms with Crippen molar-refractivity contribution in [1.29, 1.82) is 0 Å². The molecule has 0 fully saturated rings. The van der Waals surface area contributed by atoms with Crippen LogP contribution in [0.3, 0.4) is 0 Å². The highest BCUT2D eigenvalue weighted by Gasteiger charge is 2.32. The molecule has 9 heteroatoms. The minimum Gasteiger partial charge on any atom is -0.491 e. The predicted molar refractivity (Wildman–Crippen MR) is 125 cm³/mol. The molecule has 1 atom stereocenters. The third-order valence-corrected chi connectivity index (χ3v) is 6.27. The summed E-state index contributed by atoms with van der Waals surface area (Å²) in [5, 5.41) is 0. The van der Waals surface area contributed by atoms with Crippen molar-refractivity contribution in [2.45, 2.75) is 6.04 Å². The zero-order valence-corrected chi connectivity index (χ0v) is 18.1. The molecule has 0 aliphatic carbocycles. The molecule has 8 nitrogen and oxygen atoms in total. The Kier molecular flexibility index (Phi) is 4.44. The van der Waals surface area contributed by atoms with Crippen LogP contribution in [0.25, 0.3) is 27.7 Å². The summed E-state index contributed by atoms with van der Waals surface area (Å²) in [4.78, 5) is 27.3. The number of hydrogen-bond donors (Lipinski definition) is 1. The van der Waals surface area contributed by atoms with Crippen molar-refractivity contribution in [1.82, 2.24) is 24.3 Å². The van der Waals surface area contributed by atoms with Crippen LogP contribution in [-0.4, -0.2) is 43.8 Å². The molecule has 5 aromatic rings. The Morgan fingerprint density at radius 3 is 2.76 bits per heavy atom. The number of aromatic nitrogens is 4. The first kappa shape index (κ1) is 20.1. The zero-order valence-electron chi connectivity index (χ0n) is 18.1. The maximum atomic E-state index is 15.0. The first-order valence-corrected chi connectivity index (χ1v) is 10.7. The lowest BCUT2D eigenvalue weighted by atomic mass is 10.0. The van der Waals surface area contributed by atoms with Crippen molar-refractivity contribution in [2.24, 2.45) is 0 Å². The van der Waals surface area contributed by atoms with Crippen molar-refractivity contribution in [3.05, 3.63) is 84.3 Å². The number of carbonyl (C=O) groups excluding carboxylic acids is 1. The van der Waals surface area contributed by atoms with Gasteiger partial charge < -0.3 is 15.4 Å². The normalized spacial score (nSPS) is 14.8. The minimum atomic E-state index is -0.664. The van der Waals surface area contributed by atoms with Gasteiger partial charge in [0.25, 0.3) is 5.91 Å². The molecule has 0 saturated carbocycles. The highest BCUT2D eigenvalue weighted by atomic mass is 19.1. The Morgan fingerprint density at radius 1 is 1.12 bits per heavy atom. The second-order valence-corrected chi connectivity index (χ2v) is 8.20. The molecular weight excluding hydrogens is 435 g/mol. The van der Waals surface area contributed by atoms with Crippen LogP contribution >= 0.6 is 0 Å². The van der Waals surface area contributed by atoms with Crippen LogP contribution in [0.15, 0.2) is 67.4 Å². The quantitative estimate of drug-likeness (QED) is 0.444. The number of nitrogens with zero attached hydrogens (tertiary/aromatic N) is 5. The maximum absolute atomic E-state index is 15.0. The van der Waals surface area contributed by atoms with Gasteiger partial charge in [0.05, 0.1) is 35.2 Å². The lowest BCUT2D eigenvalue weighted by molar-refractivity contribution is 0.0704. The molecular formula is C25H19FN6O2. The molecule has 2 aromatic carbocycles. The molecule has 0 bridgehead atoms. The van der Waals surface area contributed by atoms with Gasteiger partial charge in [0, 0.05) is 31.1 Å². The molecule has 0 radical (unpaired) electrons. The second kappa shape index (κ2) is 7.51. The first-order chi connectivity index (χ1) is 16.5. The number of amides is 1. The van der Waals surface area contributed by atoms with E-state index < -0.39 is 11.7 Å². The van der Waals surface area contributed by atoms with Crippen molar-refractivity contribution < 1.29 is 13.9 Å². The summed E-state index contributed by atoms with van der Waals surface area (Å²) in [7, 11) is 1.65. The number of fused-ring (bicyclic) bond motifs is 4. The predicted octanol–water partition coefficient (Wildman–Crippen LogP) is 3.87. The molecule has 1 aliphatic heterocycles. The number of ether oxygens (including phenoxy) is 1. The molecule has 1 amide bonds. The van der Waals surface area contributed by atoms with Gasteiger partial charge in [0.2, 0.25) is 0 Å². The molecule has 34 heavy (non-hydrogen) atoms. The number of anilines is 1. The van der Waals surface area contributed by atoms with Crippen LogP contribution in [-0.2, 0) is 0 Å². The molecule has 0 spiro atoms. The number of likely N-dealkylation sites (N-methyl/N-ethyl adjacent to an activating group) is 1. The van der Waals surface area contributed by atoms with Crippen molar-refractivity contribution in [3.63, 3.8) is 0 Å². The van der Waals surface area contributed by atoms with E-state index in [1.54, 1.807) is 36.4 Å². The van der Waals surface area contributed by atoms with Gasteiger partial charge in [-0.3, -0.25) is 14.2 Å². The van der Waals surface area contributed by atoms with Crippen molar-refractivity contribution >= 4 is 28.3 Å². The van der Waals surface area contributed by atoms with Gasteiger partial charge in [0.1, 0.15) is 29.5 Å². The summed E-state index contributed by atoms with van der Waals surface area (Å²) in [5.74, 6) is -0.170. The largest absolute Gasteiger partial charge is 0.491 e. The zero-order chi connectivity index (χ0) is 23.4. The lowest BCUT2D eigenvalue weighted by Crippen LogP contribution is -2.32. The Hall–Kier alpha value is -4.53. The summed E-state index contributed by atoms with van der Waals surface area (Å²) in [6.45, 7) is 0.288. The van der Waals surface area contributed by atoms with E-state index in [9.17, 15) is 4.79 Å². The minimum absolute atomic E-state index is 0.0570. The fraction of sp³-hybridized carbons (Fsp3) is 0.120. The van der Waals surface area contributed by atoms with E-state index in [0.717, 1.165) is 16.7 Å². The van der Waals surface area contributed by atoms with E-state index in [4.69, 9.17) is 10.5 Å². The maximum Gasteiger partial charge on any atom is 0.257 e. The van der Waals surface area contributed by atoms with Crippen LogP contribution in [0.4, 0.5) is 10.2 Å². The van der Waals surface area contributed by atoms with E-state index in [-0.39, 0.29) is 24.0 Å².